The highest BCUT2D eigenvalue weighted by Crippen LogP contribution is 2.29. The summed E-state index contributed by atoms with van der Waals surface area (Å²) in [5, 5.41) is 13.0. The molecule has 0 saturated carbocycles. The van der Waals surface area contributed by atoms with E-state index in [1.165, 1.54) is 23.5 Å². The molecule has 0 aliphatic carbocycles. The molecule has 0 unspecified atom stereocenters. The van der Waals surface area contributed by atoms with Gasteiger partial charge in [0.1, 0.15) is 11.4 Å². The molecule has 38 heavy (non-hydrogen) atoms. The summed E-state index contributed by atoms with van der Waals surface area (Å²) in [6.07, 6.45) is 5.24. The summed E-state index contributed by atoms with van der Waals surface area (Å²) >= 11 is 13.8. The average Bonchev–Trinajstić information content (AvgIpc) is 3.69. The van der Waals surface area contributed by atoms with Crippen LogP contribution in [0.4, 0.5) is 0 Å². The van der Waals surface area contributed by atoms with Gasteiger partial charge in [0.2, 0.25) is 0 Å². The van der Waals surface area contributed by atoms with Crippen molar-refractivity contribution in [1.82, 2.24) is 20.4 Å². The number of thiophene rings is 1. The number of hydrogen-bond acceptors (Lipinski definition) is 5. The highest BCUT2D eigenvalue weighted by Gasteiger charge is 2.22. The molecule has 1 saturated heterocycles. The Balaban J connectivity index is 1.52. The molecule has 2 aromatic carbocycles. The molecule has 194 valence electrons. The van der Waals surface area contributed by atoms with Crippen LogP contribution in [0.3, 0.4) is 0 Å². The van der Waals surface area contributed by atoms with Crippen molar-refractivity contribution in [2.45, 2.75) is 18.9 Å². The molecule has 10 heteroatoms. The maximum absolute atomic E-state index is 13.4. The number of hydrogen-bond donors (Lipinski definition) is 2. The van der Waals surface area contributed by atoms with E-state index in [-0.39, 0.29) is 22.4 Å². The molecule has 3 heterocycles. The van der Waals surface area contributed by atoms with Crippen LogP contribution in [0.1, 0.15) is 28.8 Å². The summed E-state index contributed by atoms with van der Waals surface area (Å²) in [5.74, 6) is -0.971. The van der Waals surface area contributed by atoms with Crippen molar-refractivity contribution in [3.8, 4) is 16.3 Å². The first-order chi connectivity index (χ1) is 18.5. The number of aromatic nitrogens is 2. The van der Waals surface area contributed by atoms with E-state index in [1.807, 2.05) is 54.0 Å². The van der Waals surface area contributed by atoms with Crippen LogP contribution in [0.15, 0.2) is 77.9 Å². The summed E-state index contributed by atoms with van der Waals surface area (Å²) < 4.78 is 7.39. The molecule has 2 aromatic heterocycles. The molecular formula is C28H24Cl2N4O3S. The fraction of sp³-hybridized carbons (Fsp3) is 0.179. The molecule has 1 aliphatic rings. The SMILES string of the molecule is O=C(NC[C@@H]1CCCO1)/C(=C/c1cn(-c2ccccc2)nc1-c1cccs1)NC(=O)c1ccc(Cl)cc1Cl. The monoisotopic (exact) mass is 566 g/mol. The molecular weight excluding hydrogens is 543 g/mol. The molecule has 7 nitrogen and oxygen atoms in total. The Hall–Kier alpha value is -3.43. The third-order valence-corrected chi connectivity index (χ3v) is 7.42. The van der Waals surface area contributed by atoms with E-state index in [0.717, 1.165) is 23.4 Å². The zero-order valence-electron chi connectivity index (χ0n) is 20.2. The molecule has 1 aliphatic heterocycles. The van der Waals surface area contributed by atoms with Crippen molar-refractivity contribution in [3.05, 3.63) is 99.1 Å². The number of nitrogens with zero attached hydrogens (tertiary/aromatic N) is 2. The molecule has 1 fully saturated rings. The van der Waals surface area contributed by atoms with Gasteiger partial charge in [0.05, 0.1) is 27.3 Å². The number of carbonyl (C=O) groups excluding carboxylic acids is 2. The number of para-hydroxylation sites is 1. The van der Waals surface area contributed by atoms with E-state index < -0.39 is 11.8 Å². The van der Waals surface area contributed by atoms with Crippen LogP contribution >= 0.6 is 34.5 Å². The summed E-state index contributed by atoms with van der Waals surface area (Å²) in [5.41, 5.74) is 2.48. The van der Waals surface area contributed by atoms with Gasteiger partial charge in [-0.05, 0) is 60.7 Å². The maximum atomic E-state index is 13.4. The van der Waals surface area contributed by atoms with Gasteiger partial charge >= 0.3 is 0 Å². The van der Waals surface area contributed by atoms with Gasteiger partial charge in [0.15, 0.2) is 0 Å². The Morgan fingerprint density at radius 3 is 2.68 bits per heavy atom. The van der Waals surface area contributed by atoms with Crippen molar-refractivity contribution in [2.75, 3.05) is 13.2 Å². The van der Waals surface area contributed by atoms with Crippen LogP contribution in [-0.2, 0) is 9.53 Å². The topological polar surface area (TPSA) is 85.2 Å². The number of rotatable bonds is 8. The zero-order chi connectivity index (χ0) is 26.5. The zero-order valence-corrected chi connectivity index (χ0v) is 22.5. The van der Waals surface area contributed by atoms with E-state index in [1.54, 1.807) is 16.8 Å². The molecule has 4 aromatic rings. The van der Waals surface area contributed by atoms with Crippen molar-refractivity contribution in [1.29, 1.82) is 0 Å². The second kappa shape index (κ2) is 12.0. The van der Waals surface area contributed by atoms with Crippen LogP contribution in [0.2, 0.25) is 10.0 Å². The van der Waals surface area contributed by atoms with Gasteiger partial charge < -0.3 is 15.4 Å². The fourth-order valence-electron chi connectivity index (χ4n) is 4.09. The van der Waals surface area contributed by atoms with E-state index in [9.17, 15) is 9.59 Å². The van der Waals surface area contributed by atoms with Gasteiger partial charge in [-0.3, -0.25) is 9.59 Å². The minimum absolute atomic E-state index is 0.0517. The van der Waals surface area contributed by atoms with Gasteiger partial charge in [-0.2, -0.15) is 5.10 Å². The number of benzene rings is 2. The number of amides is 2. The van der Waals surface area contributed by atoms with Crippen LogP contribution in [0, 0.1) is 0 Å². The Morgan fingerprint density at radius 1 is 1.13 bits per heavy atom. The first kappa shape index (κ1) is 26.2. The minimum Gasteiger partial charge on any atom is -0.376 e. The lowest BCUT2D eigenvalue weighted by molar-refractivity contribution is -0.118. The Bertz CT molecular complexity index is 1460. The van der Waals surface area contributed by atoms with Crippen molar-refractivity contribution in [2.24, 2.45) is 0 Å². The van der Waals surface area contributed by atoms with Crippen molar-refractivity contribution in [3.63, 3.8) is 0 Å². The standard InChI is InChI=1S/C28H24Cl2N4O3S/c29-19-10-11-22(23(30)15-19)27(35)32-24(28(36)31-16-21-8-4-12-37-21)14-18-17-34(20-6-2-1-3-7-20)33-26(18)25-9-5-13-38-25/h1-3,5-7,9-11,13-15,17,21H,4,8,12,16H2,(H,31,36)(H,32,35)/b24-14-/t21-/m0/s1. The van der Waals surface area contributed by atoms with Gasteiger partial charge in [-0.1, -0.05) is 47.5 Å². The fourth-order valence-corrected chi connectivity index (χ4v) is 5.32. The van der Waals surface area contributed by atoms with Crippen LogP contribution in [0.25, 0.3) is 22.3 Å². The maximum Gasteiger partial charge on any atom is 0.267 e. The highest BCUT2D eigenvalue weighted by atomic mass is 35.5. The van der Waals surface area contributed by atoms with E-state index in [0.29, 0.717) is 29.4 Å². The van der Waals surface area contributed by atoms with Crippen molar-refractivity contribution >= 4 is 52.4 Å². The third kappa shape index (κ3) is 6.16. The molecule has 2 N–H and O–H groups in total. The quantitative estimate of drug-likeness (QED) is 0.257. The highest BCUT2D eigenvalue weighted by molar-refractivity contribution is 7.13. The largest absolute Gasteiger partial charge is 0.376 e. The summed E-state index contributed by atoms with van der Waals surface area (Å²) in [6.45, 7) is 1.02. The lowest BCUT2D eigenvalue weighted by atomic mass is 10.1. The van der Waals surface area contributed by atoms with Gasteiger partial charge in [-0.15, -0.1) is 11.3 Å². The average molecular weight is 567 g/mol. The lowest BCUT2D eigenvalue weighted by Gasteiger charge is -2.14. The van der Waals surface area contributed by atoms with Gasteiger partial charge in [0.25, 0.3) is 11.8 Å². The third-order valence-electron chi connectivity index (χ3n) is 6.00. The first-order valence-corrected chi connectivity index (χ1v) is 13.7. The van der Waals surface area contributed by atoms with Crippen LogP contribution in [-0.4, -0.2) is 40.9 Å². The number of ether oxygens (including phenoxy) is 1. The van der Waals surface area contributed by atoms with E-state index in [2.05, 4.69) is 10.6 Å². The smallest absolute Gasteiger partial charge is 0.267 e. The summed E-state index contributed by atoms with van der Waals surface area (Å²) in [7, 11) is 0. The minimum atomic E-state index is -0.529. The Labute approximate surface area is 234 Å². The summed E-state index contributed by atoms with van der Waals surface area (Å²) in [4.78, 5) is 27.5. The molecule has 5 rings (SSSR count). The molecule has 0 spiro atoms. The van der Waals surface area contributed by atoms with E-state index >= 15 is 0 Å². The second-order valence-corrected chi connectivity index (χ2v) is 10.5. The molecule has 0 radical (unpaired) electrons. The molecule has 0 bridgehead atoms. The first-order valence-electron chi connectivity index (χ1n) is 12.0. The normalized spacial score (nSPS) is 15.4. The lowest BCUT2D eigenvalue weighted by Crippen LogP contribution is -2.38. The number of nitrogens with one attached hydrogen (secondary N) is 2. The van der Waals surface area contributed by atoms with Crippen molar-refractivity contribution < 1.29 is 14.3 Å². The number of carbonyl (C=O) groups is 2. The molecule has 2 amide bonds. The predicted octanol–water partition coefficient (Wildman–Crippen LogP) is 5.97. The van der Waals surface area contributed by atoms with Crippen LogP contribution in [0.5, 0.6) is 0 Å². The van der Waals surface area contributed by atoms with Crippen LogP contribution < -0.4 is 10.6 Å². The Kier molecular flexibility index (Phi) is 8.24. The Morgan fingerprint density at radius 2 is 1.97 bits per heavy atom. The predicted molar refractivity (Wildman–Crippen MR) is 151 cm³/mol. The van der Waals surface area contributed by atoms with Gasteiger partial charge in [0, 0.05) is 29.9 Å². The second-order valence-electron chi connectivity index (χ2n) is 8.67. The summed E-state index contributed by atoms with van der Waals surface area (Å²) in [6, 6.07) is 18.1. The van der Waals surface area contributed by atoms with Gasteiger partial charge in [-0.25, -0.2) is 4.68 Å². The van der Waals surface area contributed by atoms with E-state index in [4.69, 9.17) is 33.0 Å². The number of halogens is 2. The molecule has 1 atom stereocenters.